The molecule has 1 aromatic rings. The molecule has 0 aromatic heterocycles. The van der Waals surface area contributed by atoms with Gasteiger partial charge < -0.3 is 5.32 Å². The maximum absolute atomic E-state index is 14.3. The maximum Gasteiger partial charge on any atom is 0.145 e. The zero-order valence-electron chi connectivity index (χ0n) is 12.1. The summed E-state index contributed by atoms with van der Waals surface area (Å²) in [5.41, 5.74) is 0.182. The second kappa shape index (κ2) is 6.99. The summed E-state index contributed by atoms with van der Waals surface area (Å²) < 4.78 is 28.7. The Morgan fingerprint density at radius 2 is 1.90 bits per heavy atom. The van der Waals surface area contributed by atoms with Crippen molar-refractivity contribution >= 4 is 15.9 Å². The van der Waals surface area contributed by atoms with E-state index in [4.69, 9.17) is 0 Å². The third-order valence-electron chi connectivity index (χ3n) is 4.64. The van der Waals surface area contributed by atoms with Crippen molar-refractivity contribution in [2.45, 2.75) is 45.1 Å². The Hall–Kier alpha value is -0.480. The minimum atomic E-state index is -0.470. The molecule has 2 rings (SSSR count). The predicted octanol–water partition coefficient (Wildman–Crippen LogP) is 5.20. The summed E-state index contributed by atoms with van der Waals surface area (Å²) >= 11 is 3.15. The zero-order chi connectivity index (χ0) is 14.7. The SMILES string of the molecule is CCC1CCC(C(NC)c2c(F)ccc(Br)c2F)CC1. The molecule has 1 nitrogen and oxygen atoms in total. The van der Waals surface area contributed by atoms with Gasteiger partial charge in [-0.05, 0) is 59.8 Å². The molecule has 0 bridgehead atoms. The van der Waals surface area contributed by atoms with E-state index in [0.717, 1.165) is 31.6 Å². The van der Waals surface area contributed by atoms with E-state index < -0.39 is 11.6 Å². The summed E-state index contributed by atoms with van der Waals surface area (Å²) in [4.78, 5) is 0. The van der Waals surface area contributed by atoms with Gasteiger partial charge in [0.1, 0.15) is 11.6 Å². The molecule has 1 aromatic carbocycles. The summed E-state index contributed by atoms with van der Waals surface area (Å²) in [5.74, 6) is 0.159. The summed E-state index contributed by atoms with van der Waals surface area (Å²) in [5, 5.41) is 3.13. The van der Waals surface area contributed by atoms with Gasteiger partial charge in [-0.25, -0.2) is 8.78 Å². The van der Waals surface area contributed by atoms with E-state index in [1.165, 1.54) is 18.6 Å². The largest absolute Gasteiger partial charge is 0.313 e. The lowest BCUT2D eigenvalue weighted by atomic mass is 9.76. The van der Waals surface area contributed by atoms with Crippen LogP contribution in [0.5, 0.6) is 0 Å². The Balaban J connectivity index is 2.23. The van der Waals surface area contributed by atoms with Crippen molar-refractivity contribution in [1.29, 1.82) is 0 Å². The molecule has 1 atom stereocenters. The fourth-order valence-corrected chi connectivity index (χ4v) is 3.72. The van der Waals surface area contributed by atoms with Gasteiger partial charge >= 0.3 is 0 Å². The first-order valence-corrected chi connectivity index (χ1v) is 8.18. The molecule has 1 fully saturated rings. The lowest BCUT2D eigenvalue weighted by Gasteiger charge is -2.34. The molecule has 1 N–H and O–H groups in total. The number of hydrogen-bond donors (Lipinski definition) is 1. The Kier molecular flexibility index (Phi) is 5.56. The van der Waals surface area contributed by atoms with Crippen LogP contribution in [0.4, 0.5) is 8.78 Å². The van der Waals surface area contributed by atoms with E-state index in [1.807, 2.05) is 0 Å². The molecule has 0 amide bonds. The highest BCUT2D eigenvalue weighted by atomic mass is 79.9. The van der Waals surface area contributed by atoms with Gasteiger partial charge in [0.2, 0.25) is 0 Å². The van der Waals surface area contributed by atoms with Crippen molar-refractivity contribution in [3.05, 3.63) is 33.8 Å². The van der Waals surface area contributed by atoms with Crippen LogP contribution in [0.2, 0.25) is 0 Å². The van der Waals surface area contributed by atoms with E-state index in [9.17, 15) is 8.78 Å². The Bertz CT molecular complexity index is 456. The summed E-state index contributed by atoms with van der Waals surface area (Å²) in [6.45, 7) is 2.22. The average Bonchev–Trinajstić information content (AvgIpc) is 2.48. The van der Waals surface area contributed by atoms with E-state index in [2.05, 4.69) is 28.2 Å². The van der Waals surface area contributed by atoms with Crippen molar-refractivity contribution in [2.24, 2.45) is 11.8 Å². The quantitative estimate of drug-likeness (QED) is 0.739. The second-order valence-electron chi connectivity index (χ2n) is 5.71. The third kappa shape index (κ3) is 3.22. The van der Waals surface area contributed by atoms with Crippen LogP contribution in [0.25, 0.3) is 0 Å². The van der Waals surface area contributed by atoms with Gasteiger partial charge in [0.15, 0.2) is 0 Å². The molecule has 1 unspecified atom stereocenters. The number of halogens is 3. The zero-order valence-corrected chi connectivity index (χ0v) is 13.6. The van der Waals surface area contributed by atoms with Crippen molar-refractivity contribution in [2.75, 3.05) is 7.05 Å². The summed E-state index contributed by atoms with van der Waals surface area (Å²) in [6.07, 6.45) is 5.61. The van der Waals surface area contributed by atoms with Gasteiger partial charge in [0.25, 0.3) is 0 Å². The van der Waals surface area contributed by atoms with Crippen LogP contribution in [0, 0.1) is 23.5 Å². The number of rotatable bonds is 4. The third-order valence-corrected chi connectivity index (χ3v) is 5.25. The molecular formula is C16H22BrF2N. The first-order chi connectivity index (χ1) is 9.58. The minimum Gasteiger partial charge on any atom is -0.313 e. The Morgan fingerprint density at radius 1 is 1.25 bits per heavy atom. The van der Waals surface area contributed by atoms with E-state index in [1.54, 1.807) is 7.05 Å². The highest BCUT2D eigenvalue weighted by molar-refractivity contribution is 9.10. The average molecular weight is 346 g/mol. The molecule has 0 spiro atoms. The minimum absolute atomic E-state index is 0.182. The highest BCUT2D eigenvalue weighted by Crippen LogP contribution is 2.40. The topological polar surface area (TPSA) is 12.0 Å². The van der Waals surface area contributed by atoms with Crippen molar-refractivity contribution in [3.8, 4) is 0 Å². The molecule has 0 saturated heterocycles. The molecule has 112 valence electrons. The van der Waals surface area contributed by atoms with E-state index >= 15 is 0 Å². The molecule has 1 aliphatic carbocycles. The van der Waals surface area contributed by atoms with Gasteiger partial charge in [-0.2, -0.15) is 0 Å². The fourth-order valence-electron chi connectivity index (χ4n) is 3.37. The van der Waals surface area contributed by atoms with E-state index in [0.29, 0.717) is 10.4 Å². The Labute approximate surface area is 128 Å². The van der Waals surface area contributed by atoms with Crippen LogP contribution in [0.1, 0.15) is 50.6 Å². The first kappa shape index (κ1) is 15.9. The van der Waals surface area contributed by atoms with Crippen LogP contribution in [-0.4, -0.2) is 7.05 Å². The lowest BCUT2D eigenvalue weighted by molar-refractivity contribution is 0.218. The van der Waals surface area contributed by atoms with Crippen LogP contribution in [-0.2, 0) is 0 Å². The monoisotopic (exact) mass is 345 g/mol. The predicted molar refractivity (Wildman–Crippen MR) is 81.6 cm³/mol. The smallest absolute Gasteiger partial charge is 0.145 e. The molecular weight excluding hydrogens is 324 g/mol. The number of benzene rings is 1. The van der Waals surface area contributed by atoms with Crippen molar-refractivity contribution < 1.29 is 8.78 Å². The number of hydrogen-bond acceptors (Lipinski definition) is 1. The van der Waals surface area contributed by atoms with Gasteiger partial charge in [0.05, 0.1) is 4.47 Å². The normalized spacial score (nSPS) is 24.6. The summed E-state index contributed by atoms with van der Waals surface area (Å²) in [6, 6.07) is 2.52. The first-order valence-electron chi connectivity index (χ1n) is 7.39. The maximum atomic E-state index is 14.3. The van der Waals surface area contributed by atoms with Gasteiger partial charge in [0, 0.05) is 11.6 Å². The molecule has 0 aliphatic heterocycles. The van der Waals surface area contributed by atoms with Gasteiger partial charge in [-0.3, -0.25) is 0 Å². The summed E-state index contributed by atoms with van der Waals surface area (Å²) in [7, 11) is 1.79. The van der Waals surface area contributed by atoms with Crippen LogP contribution in [0.3, 0.4) is 0 Å². The molecule has 20 heavy (non-hydrogen) atoms. The van der Waals surface area contributed by atoms with Gasteiger partial charge in [-0.1, -0.05) is 26.2 Å². The lowest BCUT2D eigenvalue weighted by Crippen LogP contribution is -2.30. The second-order valence-corrected chi connectivity index (χ2v) is 6.57. The number of nitrogens with one attached hydrogen (secondary N) is 1. The van der Waals surface area contributed by atoms with E-state index in [-0.39, 0.29) is 11.6 Å². The highest BCUT2D eigenvalue weighted by Gasteiger charge is 2.31. The van der Waals surface area contributed by atoms with Crippen molar-refractivity contribution in [1.82, 2.24) is 5.32 Å². The molecule has 1 saturated carbocycles. The molecule has 0 radical (unpaired) electrons. The van der Waals surface area contributed by atoms with Crippen molar-refractivity contribution in [3.63, 3.8) is 0 Å². The van der Waals surface area contributed by atoms with Crippen LogP contribution < -0.4 is 5.32 Å². The molecule has 1 aliphatic rings. The van der Waals surface area contributed by atoms with Crippen LogP contribution in [0.15, 0.2) is 16.6 Å². The van der Waals surface area contributed by atoms with Crippen LogP contribution >= 0.6 is 15.9 Å². The van der Waals surface area contributed by atoms with Gasteiger partial charge in [-0.15, -0.1) is 0 Å². The molecule has 0 heterocycles. The fraction of sp³-hybridized carbons (Fsp3) is 0.625. The standard InChI is InChI=1S/C16H22BrF2N/c1-3-10-4-6-11(7-5-10)16(20-2)14-13(18)9-8-12(17)15(14)19/h8-11,16,20H,3-7H2,1-2H3. The molecule has 4 heteroatoms. The Morgan fingerprint density at radius 3 is 2.45 bits per heavy atom.